The fraction of sp³-hybridized carbons (Fsp3) is 0.211. The number of H-pyrrole nitrogens is 1. The first-order chi connectivity index (χ1) is 11.5. The molecular weight excluding hydrogens is 320 g/mol. The molecule has 5 heteroatoms. The van der Waals surface area contributed by atoms with Crippen molar-refractivity contribution < 1.29 is 9.47 Å². The maximum Gasteiger partial charge on any atom is 0.182 e. The van der Waals surface area contributed by atoms with Crippen molar-refractivity contribution in [2.24, 2.45) is 0 Å². The zero-order valence-corrected chi connectivity index (χ0v) is 15.0. The van der Waals surface area contributed by atoms with Gasteiger partial charge in [0.05, 0.1) is 25.6 Å². The molecule has 4 nitrogen and oxygen atoms in total. The predicted octanol–water partition coefficient (Wildman–Crippen LogP) is 4.84. The number of imidazole rings is 1. The van der Waals surface area contributed by atoms with Gasteiger partial charge < -0.3 is 14.5 Å². The SMILES string of the molecule is COc1cc(C)c(-c2cn(-c3ccccc3C)c(=S)[nH]2)c(OC)c1. The van der Waals surface area contributed by atoms with Crippen LogP contribution in [0.4, 0.5) is 0 Å². The van der Waals surface area contributed by atoms with Crippen molar-refractivity contribution in [3.63, 3.8) is 0 Å². The van der Waals surface area contributed by atoms with Gasteiger partial charge in [0.25, 0.3) is 0 Å². The second-order valence-corrected chi connectivity index (χ2v) is 6.04. The number of hydrogen-bond donors (Lipinski definition) is 1. The third kappa shape index (κ3) is 2.83. The van der Waals surface area contributed by atoms with Crippen LogP contribution >= 0.6 is 12.2 Å². The Labute approximate surface area is 146 Å². The van der Waals surface area contributed by atoms with E-state index in [1.165, 1.54) is 0 Å². The number of hydrogen-bond acceptors (Lipinski definition) is 3. The lowest BCUT2D eigenvalue weighted by molar-refractivity contribution is 0.395. The van der Waals surface area contributed by atoms with Gasteiger partial charge in [-0.2, -0.15) is 0 Å². The zero-order valence-electron chi connectivity index (χ0n) is 14.2. The Morgan fingerprint density at radius 1 is 1.00 bits per heavy atom. The topological polar surface area (TPSA) is 39.2 Å². The van der Waals surface area contributed by atoms with Crippen LogP contribution in [0.2, 0.25) is 0 Å². The molecule has 24 heavy (non-hydrogen) atoms. The number of methoxy groups -OCH3 is 2. The van der Waals surface area contributed by atoms with E-state index in [2.05, 4.69) is 24.0 Å². The maximum atomic E-state index is 5.56. The highest BCUT2D eigenvalue weighted by Crippen LogP contribution is 2.36. The van der Waals surface area contributed by atoms with Crippen LogP contribution in [0.5, 0.6) is 11.5 Å². The molecule has 0 spiro atoms. The lowest BCUT2D eigenvalue weighted by Gasteiger charge is -2.12. The summed E-state index contributed by atoms with van der Waals surface area (Å²) in [7, 11) is 3.31. The van der Waals surface area contributed by atoms with E-state index in [1.54, 1.807) is 14.2 Å². The van der Waals surface area contributed by atoms with E-state index < -0.39 is 0 Å². The molecule has 0 saturated carbocycles. The first-order valence-electron chi connectivity index (χ1n) is 7.66. The minimum atomic E-state index is 0.650. The van der Waals surface area contributed by atoms with E-state index in [4.69, 9.17) is 21.7 Å². The molecule has 0 aliphatic rings. The Balaban J connectivity index is 2.18. The Kier molecular flexibility index (Phi) is 4.44. The van der Waals surface area contributed by atoms with Gasteiger partial charge in [0.1, 0.15) is 11.5 Å². The summed E-state index contributed by atoms with van der Waals surface area (Å²) < 4.78 is 13.5. The number of nitrogens with zero attached hydrogens (tertiary/aromatic N) is 1. The van der Waals surface area contributed by atoms with Crippen molar-refractivity contribution in [2.75, 3.05) is 14.2 Å². The number of rotatable bonds is 4. The van der Waals surface area contributed by atoms with Crippen LogP contribution in [0.1, 0.15) is 11.1 Å². The molecule has 0 aliphatic carbocycles. The van der Waals surface area contributed by atoms with Gasteiger partial charge in [0.15, 0.2) is 4.77 Å². The first-order valence-corrected chi connectivity index (χ1v) is 8.06. The number of aromatic amines is 1. The molecule has 1 N–H and O–H groups in total. The van der Waals surface area contributed by atoms with Crippen LogP contribution in [0, 0.1) is 18.6 Å². The van der Waals surface area contributed by atoms with E-state index in [9.17, 15) is 0 Å². The van der Waals surface area contributed by atoms with Crippen molar-refractivity contribution in [1.82, 2.24) is 9.55 Å². The van der Waals surface area contributed by atoms with Gasteiger partial charge in [0.2, 0.25) is 0 Å². The highest BCUT2D eigenvalue weighted by atomic mass is 32.1. The minimum Gasteiger partial charge on any atom is -0.497 e. The van der Waals surface area contributed by atoms with Crippen molar-refractivity contribution in [1.29, 1.82) is 0 Å². The third-order valence-electron chi connectivity index (χ3n) is 4.09. The summed E-state index contributed by atoms with van der Waals surface area (Å²) in [6.45, 7) is 4.10. The fourth-order valence-electron chi connectivity index (χ4n) is 2.88. The van der Waals surface area contributed by atoms with Gasteiger partial charge in [-0.3, -0.25) is 4.57 Å². The lowest BCUT2D eigenvalue weighted by atomic mass is 10.0. The molecule has 3 aromatic rings. The smallest absolute Gasteiger partial charge is 0.182 e. The molecule has 0 atom stereocenters. The molecule has 0 bridgehead atoms. The Hall–Kier alpha value is -2.53. The monoisotopic (exact) mass is 340 g/mol. The zero-order chi connectivity index (χ0) is 17.3. The number of nitrogens with one attached hydrogen (secondary N) is 1. The molecule has 124 valence electrons. The second-order valence-electron chi connectivity index (χ2n) is 5.65. The van der Waals surface area contributed by atoms with E-state index in [-0.39, 0.29) is 0 Å². The van der Waals surface area contributed by atoms with Gasteiger partial charge in [-0.15, -0.1) is 0 Å². The average molecular weight is 340 g/mol. The number of ether oxygens (including phenoxy) is 2. The van der Waals surface area contributed by atoms with E-state index >= 15 is 0 Å². The Bertz CT molecular complexity index is 941. The van der Waals surface area contributed by atoms with Gasteiger partial charge >= 0.3 is 0 Å². The van der Waals surface area contributed by atoms with E-state index in [0.29, 0.717) is 4.77 Å². The summed E-state index contributed by atoms with van der Waals surface area (Å²) in [5.74, 6) is 1.52. The van der Waals surface area contributed by atoms with Gasteiger partial charge in [-0.05, 0) is 49.3 Å². The molecule has 0 radical (unpaired) electrons. The molecule has 0 fully saturated rings. The Morgan fingerprint density at radius 3 is 2.42 bits per heavy atom. The molecule has 0 aliphatic heterocycles. The van der Waals surface area contributed by atoms with Crippen molar-refractivity contribution >= 4 is 12.2 Å². The Morgan fingerprint density at radius 2 is 1.75 bits per heavy atom. The van der Waals surface area contributed by atoms with Crippen molar-refractivity contribution in [3.05, 3.63) is 58.5 Å². The maximum absolute atomic E-state index is 5.56. The quantitative estimate of drug-likeness (QED) is 0.691. The lowest BCUT2D eigenvalue weighted by Crippen LogP contribution is -1.95. The normalized spacial score (nSPS) is 10.7. The largest absolute Gasteiger partial charge is 0.497 e. The minimum absolute atomic E-state index is 0.650. The van der Waals surface area contributed by atoms with E-state index in [0.717, 1.165) is 39.6 Å². The summed E-state index contributed by atoms with van der Waals surface area (Å²) >= 11 is 5.53. The summed E-state index contributed by atoms with van der Waals surface area (Å²) in [4.78, 5) is 3.30. The number of benzene rings is 2. The van der Waals surface area contributed by atoms with Crippen LogP contribution in [0.3, 0.4) is 0 Å². The van der Waals surface area contributed by atoms with Crippen LogP contribution in [-0.2, 0) is 0 Å². The van der Waals surface area contributed by atoms with Crippen molar-refractivity contribution in [3.8, 4) is 28.4 Å². The average Bonchev–Trinajstić information content (AvgIpc) is 2.95. The molecule has 1 heterocycles. The highest BCUT2D eigenvalue weighted by Gasteiger charge is 2.15. The molecular formula is C19H20N2O2S. The molecule has 3 rings (SSSR count). The van der Waals surface area contributed by atoms with Crippen LogP contribution in [0.25, 0.3) is 16.9 Å². The van der Waals surface area contributed by atoms with Gasteiger partial charge in [-0.1, -0.05) is 18.2 Å². The van der Waals surface area contributed by atoms with E-state index in [1.807, 2.05) is 42.0 Å². The predicted molar refractivity (Wildman–Crippen MR) is 99.0 cm³/mol. The van der Waals surface area contributed by atoms with Crippen LogP contribution in [-0.4, -0.2) is 23.8 Å². The molecule has 2 aromatic carbocycles. The summed E-state index contributed by atoms with van der Waals surface area (Å²) in [5.41, 5.74) is 5.18. The fourth-order valence-corrected chi connectivity index (χ4v) is 3.14. The highest BCUT2D eigenvalue weighted by molar-refractivity contribution is 7.71. The number of para-hydroxylation sites is 1. The van der Waals surface area contributed by atoms with Gasteiger partial charge in [0, 0.05) is 17.8 Å². The number of aromatic nitrogens is 2. The summed E-state index contributed by atoms with van der Waals surface area (Å²) in [6.07, 6.45) is 2.02. The molecule has 0 unspecified atom stereocenters. The molecule has 0 amide bonds. The van der Waals surface area contributed by atoms with Crippen molar-refractivity contribution in [2.45, 2.75) is 13.8 Å². The second kappa shape index (κ2) is 6.53. The van der Waals surface area contributed by atoms with Crippen LogP contribution < -0.4 is 9.47 Å². The first kappa shape index (κ1) is 16.3. The van der Waals surface area contributed by atoms with Gasteiger partial charge in [-0.25, -0.2) is 0 Å². The standard InChI is InChI=1S/C19H20N2O2S/c1-12-7-5-6-8-16(12)21-11-15(20-19(21)24)18-13(2)9-14(22-3)10-17(18)23-4/h5-11H,1-4H3,(H,20,24). The molecule has 1 aromatic heterocycles. The van der Waals surface area contributed by atoms with Crippen LogP contribution in [0.15, 0.2) is 42.6 Å². The molecule has 0 saturated heterocycles. The summed E-state index contributed by atoms with van der Waals surface area (Å²) in [6, 6.07) is 12.0. The third-order valence-corrected chi connectivity index (χ3v) is 4.39. The summed E-state index contributed by atoms with van der Waals surface area (Å²) in [5, 5.41) is 0. The number of aryl methyl sites for hydroxylation is 2.